The van der Waals surface area contributed by atoms with Gasteiger partial charge in [0.1, 0.15) is 0 Å². The largest absolute Gasteiger partial charge is 0.481 e. The molecule has 0 aliphatic rings. The number of carboxylic acid groups (broad SMARTS) is 1. The van der Waals surface area contributed by atoms with Crippen molar-refractivity contribution in [3.8, 4) is 11.5 Å². The summed E-state index contributed by atoms with van der Waals surface area (Å²) in [6, 6.07) is 1.92. The summed E-state index contributed by atoms with van der Waals surface area (Å²) in [4.78, 5) is 28.2. The number of anilines is 1. The first kappa shape index (κ1) is 20.2. The number of hydrogen-bond acceptors (Lipinski definition) is 5. The molecule has 2 aromatic rings. The van der Waals surface area contributed by atoms with Gasteiger partial charge in [0.15, 0.2) is 5.82 Å². The first-order chi connectivity index (χ1) is 12.5. The summed E-state index contributed by atoms with van der Waals surface area (Å²) in [5.41, 5.74) is -1.05. The number of urea groups is 1. The van der Waals surface area contributed by atoms with Crippen molar-refractivity contribution in [2.75, 3.05) is 18.9 Å². The molecule has 2 N–H and O–H groups in total. The van der Waals surface area contributed by atoms with Crippen LogP contribution in [0.4, 0.5) is 23.7 Å². The molecule has 1 heterocycles. The van der Waals surface area contributed by atoms with Gasteiger partial charge in [-0.05, 0) is 25.1 Å². The average molecular weight is 386 g/mol. The molecule has 146 valence electrons. The molecule has 0 spiro atoms. The van der Waals surface area contributed by atoms with E-state index in [9.17, 15) is 22.8 Å². The lowest BCUT2D eigenvalue weighted by molar-refractivity contribution is -0.141. The number of benzene rings is 1. The van der Waals surface area contributed by atoms with E-state index in [0.717, 1.165) is 23.1 Å². The molecule has 1 atom stereocenters. The van der Waals surface area contributed by atoms with Gasteiger partial charge in [-0.2, -0.15) is 18.2 Å². The smallest absolute Gasteiger partial charge is 0.416 e. The summed E-state index contributed by atoms with van der Waals surface area (Å²) >= 11 is 0. The number of aryl methyl sites for hydroxylation is 1. The van der Waals surface area contributed by atoms with Crippen LogP contribution in [0.25, 0.3) is 11.5 Å². The molecular formula is C16H17F3N4O4. The zero-order chi connectivity index (χ0) is 20.4. The summed E-state index contributed by atoms with van der Waals surface area (Å²) in [5.74, 6) is -1.73. The van der Waals surface area contributed by atoms with Crippen LogP contribution in [0, 0.1) is 12.8 Å². The minimum absolute atomic E-state index is 0.0573. The number of carbonyl (C=O) groups is 2. The van der Waals surface area contributed by atoms with E-state index in [0.29, 0.717) is 0 Å². The van der Waals surface area contributed by atoms with E-state index in [4.69, 9.17) is 9.63 Å². The number of carboxylic acids is 1. The molecule has 1 aromatic carbocycles. The number of amides is 2. The summed E-state index contributed by atoms with van der Waals surface area (Å²) in [5, 5.41) is 14.8. The van der Waals surface area contributed by atoms with Crippen LogP contribution in [-0.2, 0) is 11.0 Å². The standard InChI is InChI=1S/C16H17F3N4O4/c1-8(14(24)25)7-23(3)15(26)21-12-6-10(16(17,18)19)4-5-11(12)13-20-9(2)22-27-13/h4-6,8H,7H2,1-3H3,(H,21,26)(H,24,25). The van der Waals surface area contributed by atoms with E-state index in [2.05, 4.69) is 15.5 Å². The van der Waals surface area contributed by atoms with Gasteiger partial charge in [0.2, 0.25) is 0 Å². The van der Waals surface area contributed by atoms with Crippen LogP contribution in [0.3, 0.4) is 0 Å². The maximum Gasteiger partial charge on any atom is 0.416 e. The van der Waals surface area contributed by atoms with Crippen molar-refractivity contribution in [1.82, 2.24) is 15.0 Å². The van der Waals surface area contributed by atoms with Gasteiger partial charge in [0.25, 0.3) is 5.89 Å². The lowest BCUT2D eigenvalue weighted by Gasteiger charge is -2.21. The van der Waals surface area contributed by atoms with Gasteiger partial charge in [-0.1, -0.05) is 12.1 Å². The van der Waals surface area contributed by atoms with Crippen molar-refractivity contribution in [2.24, 2.45) is 5.92 Å². The first-order valence-electron chi connectivity index (χ1n) is 7.76. The monoisotopic (exact) mass is 386 g/mol. The molecule has 2 rings (SSSR count). The van der Waals surface area contributed by atoms with E-state index in [1.807, 2.05) is 0 Å². The van der Waals surface area contributed by atoms with Gasteiger partial charge in [0, 0.05) is 13.6 Å². The lowest BCUT2D eigenvalue weighted by Crippen LogP contribution is -2.36. The van der Waals surface area contributed by atoms with Crippen LogP contribution < -0.4 is 5.32 Å². The van der Waals surface area contributed by atoms with E-state index in [-0.39, 0.29) is 29.5 Å². The van der Waals surface area contributed by atoms with Crippen LogP contribution >= 0.6 is 0 Å². The summed E-state index contributed by atoms with van der Waals surface area (Å²) < 4.78 is 44.0. The quantitative estimate of drug-likeness (QED) is 0.817. The van der Waals surface area contributed by atoms with E-state index >= 15 is 0 Å². The Labute approximate surface area is 152 Å². The number of aliphatic carboxylic acids is 1. The Morgan fingerprint density at radius 2 is 2.04 bits per heavy atom. The second kappa shape index (κ2) is 7.64. The molecule has 1 aromatic heterocycles. The SMILES string of the molecule is Cc1noc(-c2ccc(C(F)(F)F)cc2NC(=O)N(C)CC(C)C(=O)O)n1. The zero-order valence-corrected chi connectivity index (χ0v) is 14.7. The predicted molar refractivity (Wildman–Crippen MR) is 87.9 cm³/mol. The highest BCUT2D eigenvalue weighted by atomic mass is 19.4. The fourth-order valence-corrected chi connectivity index (χ4v) is 2.20. The normalized spacial score (nSPS) is 12.5. The first-order valence-corrected chi connectivity index (χ1v) is 7.76. The van der Waals surface area contributed by atoms with E-state index < -0.39 is 29.7 Å². The summed E-state index contributed by atoms with van der Waals surface area (Å²) in [6.45, 7) is 2.81. The Morgan fingerprint density at radius 3 is 2.56 bits per heavy atom. The van der Waals surface area contributed by atoms with Gasteiger partial charge in [-0.15, -0.1) is 0 Å². The Bertz CT molecular complexity index is 850. The fraction of sp³-hybridized carbons (Fsp3) is 0.375. The highest BCUT2D eigenvalue weighted by molar-refractivity contribution is 5.93. The molecule has 0 aliphatic carbocycles. The number of hydrogen-bond donors (Lipinski definition) is 2. The highest BCUT2D eigenvalue weighted by Crippen LogP contribution is 2.35. The van der Waals surface area contributed by atoms with E-state index in [1.165, 1.54) is 20.9 Å². The zero-order valence-electron chi connectivity index (χ0n) is 14.7. The van der Waals surface area contributed by atoms with Crippen LogP contribution in [0.5, 0.6) is 0 Å². The van der Waals surface area contributed by atoms with Crippen molar-refractivity contribution in [1.29, 1.82) is 0 Å². The highest BCUT2D eigenvalue weighted by Gasteiger charge is 2.32. The van der Waals surface area contributed by atoms with Gasteiger partial charge < -0.3 is 19.8 Å². The number of aromatic nitrogens is 2. The number of alkyl halides is 3. The minimum Gasteiger partial charge on any atom is -0.481 e. The number of nitrogens with zero attached hydrogens (tertiary/aromatic N) is 3. The van der Waals surface area contributed by atoms with Crippen LogP contribution in [0.15, 0.2) is 22.7 Å². The molecule has 0 bridgehead atoms. The van der Waals surface area contributed by atoms with Crippen molar-refractivity contribution in [2.45, 2.75) is 20.0 Å². The molecular weight excluding hydrogens is 369 g/mol. The third-order valence-electron chi connectivity index (χ3n) is 3.66. The van der Waals surface area contributed by atoms with Crippen LogP contribution in [-0.4, -0.2) is 45.7 Å². The molecule has 8 nitrogen and oxygen atoms in total. The number of rotatable bonds is 5. The van der Waals surface area contributed by atoms with Crippen LogP contribution in [0.1, 0.15) is 18.3 Å². The maximum atomic E-state index is 13.0. The third kappa shape index (κ3) is 4.96. The fourth-order valence-electron chi connectivity index (χ4n) is 2.20. The number of carbonyl (C=O) groups excluding carboxylic acids is 1. The second-order valence-electron chi connectivity index (χ2n) is 5.95. The average Bonchev–Trinajstić information content (AvgIpc) is 2.99. The molecule has 0 aliphatic heterocycles. The summed E-state index contributed by atoms with van der Waals surface area (Å²) in [6.07, 6.45) is -4.62. The Morgan fingerprint density at radius 1 is 1.37 bits per heavy atom. The predicted octanol–water partition coefficient (Wildman–Crippen LogP) is 3.25. The van der Waals surface area contributed by atoms with E-state index in [1.54, 1.807) is 0 Å². The maximum absolute atomic E-state index is 13.0. The molecule has 1 unspecified atom stereocenters. The minimum atomic E-state index is -4.62. The van der Waals surface area contributed by atoms with Crippen molar-refractivity contribution >= 4 is 17.7 Å². The Balaban J connectivity index is 2.34. The Hall–Kier alpha value is -3.11. The lowest BCUT2D eigenvalue weighted by atomic mass is 10.1. The van der Waals surface area contributed by atoms with Gasteiger partial charge in [-0.25, -0.2) is 4.79 Å². The molecule has 0 radical (unpaired) electrons. The van der Waals surface area contributed by atoms with Gasteiger partial charge in [-0.3, -0.25) is 4.79 Å². The van der Waals surface area contributed by atoms with Gasteiger partial charge >= 0.3 is 18.2 Å². The number of halogens is 3. The van der Waals surface area contributed by atoms with Crippen molar-refractivity contribution in [3.63, 3.8) is 0 Å². The molecule has 0 fully saturated rings. The van der Waals surface area contributed by atoms with Crippen molar-refractivity contribution in [3.05, 3.63) is 29.6 Å². The summed E-state index contributed by atoms with van der Waals surface area (Å²) in [7, 11) is 1.33. The molecule has 27 heavy (non-hydrogen) atoms. The third-order valence-corrected chi connectivity index (χ3v) is 3.66. The van der Waals surface area contributed by atoms with Crippen molar-refractivity contribution < 1.29 is 32.4 Å². The second-order valence-corrected chi connectivity index (χ2v) is 5.95. The molecule has 0 saturated heterocycles. The molecule has 11 heteroatoms. The van der Waals surface area contributed by atoms with Gasteiger partial charge in [0.05, 0.1) is 22.7 Å². The number of nitrogens with one attached hydrogen (secondary N) is 1. The molecule has 0 saturated carbocycles. The topological polar surface area (TPSA) is 109 Å². The Kier molecular flexibility index (Phi) is 5.72. The molecule has 2 amide bonds. The van der Waals surface area contributed by atoms with Crippen LogP contribution in [0.2, 0.25) is 0 Å².